The number of carbonyl (C=O) groups excluding carboxylic acids is 2. The van der Waals surface area contributed by atoms with Crippen molar-refractivity contribution in [1.82, 2.24) is 9.88 Å². The van der Waals surface area contributed by atoms with Gasteiger partial charge in [-0.15, -0.1) is 11.3 Å². The smallest absolute Gasteiger partial charge is 0.355 e. The lowest BCUT2D eigenvalue weighted by atomic mass is 10.1. The second kappa shape index (κ2) is 6.61. The number of H-pyrrole nitrogens is 1. The zero-order valence-electron chi connectivity index (χ0n) is 14.8. The van der Waals surface area contributed by atoms with Crippen molar-refractivity contribution < 1.29 is 14.3 Å². The Morgan fingerprint density at radius 3 is 2.96 bits per heavy atom. The van der Waals surface area contributed by atoms with E-state index in [1.54, 1.807) is 22.3 Å². The van der Waals surface area contributed by atoms with Crippen LogP contribution in [0.15, 0.2) is 29.6 Å². The molecule has 5 nitrogen and oxygen atoms in total. The van der Waals surface area contributed by atoms with Crippen molar-refractivity contribution in [2.45, 2.75) is 26.8 Å². The molecule has 1 N–H and O–H groups in total. The minimum Gasteiger partial charge on any atom is -0.451 e. The largest absolute Gasteiger partial charge is 0.451 e. The zero-order valence-corrected chi connectivity index (χ0v) is 15.6. The van der Waals surface area contributed by atoms with Gasteiger partial charge in [0.2, 0.25) is 0 Å². The van der Waals surface area contributed by atoms with Gasteiger partial charge in [-0.25, -0.2) is 4.79 Å². The Morgan fingerprint density at radius 2 is 2.12 bits per heavy atom. The van der Waals surface area contributed by atoms with E-state index in [4.69, 9.17) is 4.74 Å². The first-order chi connectivity index (χ1) is 12.5. The van der Waals surface area contributed by atoms with Crippen LogP contribution in [0.25, 0.3) is 10.9 Å². The number of fused-ring (bicyclic) bond motifs is 2. The first-order valence-electron chi connectivity index (χ1n) is 8.61. The third-order valence-electron chi connectivity index (χ3n) is 4.80. The molecular formula is C20H20N2O3S. The third-order valence-corrected chi connectivity index (χ3v) is 5.82. The number of amides is 1. The normalized spacial score (nSPS) is 13.7. The van der Waals surface area contributed by atoms with Gasteiger partial charge in [0.15, 0.2) is 6.61 Å². The molecule has 3 aromatic rings. The van der Waals surface area contributed by atoms with Crippen molar-refractivity contribution in [3.63, 3.8) is 0 Å². The Labute approximate surface area is 155 Å². The van der Waals surface area contributed by atoms with Crippen LogP contribution in [0.1, 0.15) is 32.1 Å². The number of nitrogens with zero attached hydrogens (tertiary/aromatic N) is 1. The molecule has 0 bridgehead atoms. The van der Waals surface area contributed by atoms with E-state index in [-0.39, 0.29) is 12.5 Å². The SMILES string of the molecule is Cc1cc(C)c2cc(C(=O)OCC(=O)N3CCc4sccc4C3)[nH]c2c1. The van der Waals surface area contributed by atoms with E-state index in [2.05, 4.69) is 22.5 Å². The molecule has 0 saturated heterocycles. The third kappa shape index (κ3) is 3.12. The molecule has 0 saturated carbocycles. The van der Waals surface area contributed by atoms with Crippen molar-refractivity contribution in [2.24, 2.45) is 0 Å². The summed E-state index contributed by atoms with van der Waals surface area (Å²) in [5.41, 5.74) is 4.71. The molecule has 4 rings (SSSR count). The van der Waals surface area contributed by atoms with Crippen LogP contribution >= 0.6 is 11.3 Å². The van der Waals surface area contributed by atoms with Crippen LogP contribution in [-0.4, -0.2) is 34.9 Å². The molecule has 3 heterocycles. The van der Waals surface area contributed by atoms with Crippen LogP contribution < -0.4 is 0 Å². The predicted octanol–water partition coefficient (Wildman–Crippen LogP) is 3.59. The van der Waals surface area contributed by atoms with E-state index >= 15 is 0 Å². The van der Waals surface area contributed by atoms with Crippen molar-refractivity contribution in [3.05, 3.63) is 56.9 Å². The second-order valence-corrected chi connectivity index (χ2v) is 7.74. The molecule has 0 unspecified atom stereocenters. The summed E-state index contributed by atoms with van der Waals surface area (Å²) in [7, 11) is 0. The number of nitrogens with one attached hydrogen (secondary N) is 1. The summed E-state index contributed by atoms with van der Waals surface area (Å²) in [6.07, 6.45) is 0.868. The summed E-state index contributed by atoms with van der Waals surface area (Å²) in [6.45, 7) is 5.07. The number of aromatic nitrogens is 1. The summed E-state index contributed by atoms with van der Waals surface area (Å²) in [4.78, 5) is 30.9. The van der Waals surface area contributed by atoms with Crippen molar-refractivity contribution in [2.75, 3.05) is 13.2 Å². The van der Waals surface area contributed by atoms with Gasteiger partial charge < -0.3 is 14.6 Å². The molecule has 2 aromatic heterocycles. The highest BCUT2D eigenvalue weighted by atomic mass is 32.1. The maximum atomic E-state index is 12.4. The van der Waals surface area contributed by atoms with Gasteiger partial charge in [-0.2, -0.15) is 0 Å². The lowest BCUT2D eigenvalue weighted by molar-refractivity contribution is -0.135. The molecule has 1 aromatic carbocycles. The van der Waals surface area contributed by atoms with Crippen LogP contribution in [0.2, 0.25) is 0 Å². The van der Waals surface area contributed by atoms with Gasteiger partial charge >= 0.3 is 5.97 Å². The van der Waals surface area contributed by atoms with Crippen LogP contribution in [-0.2, 0) is 22.5 Å². The fourth-order valence-electron chi connectivity index (χ4n) is 3.47. The molecule has 0 radical (unpaired) electrons. The van der Waals surface area contributed by atoms with Crippen molar-refractivity contribution in [1.29, 1.82) is 0 Å². The Morgan fingerprint density at radius 1 is 1.27 bits per heavy atom. The molecule has 0 fully saturated rings. The van der Waals surface area contributed by atoms with E-state index in [9.17, 15) is 9.59 Å². The number of aryl methyl sites for hydroxylation is 2. The molecule has 0 atom stereocenters. The fraction of sp³-hybridized carbons (Fsp3) is 0.300. The number of aromatic amines is 1. The molecule has 1 amide bonds. The van der Waals surface area contributed by atoms with Crippen molar-refractivity contribution in [3.8, 4) is 0 Å². The van der Waals surface area contributed by atoms with Gasteiger partial charge in [0.1, 0.15) is 5.69 Å². The number of esters is 1. The molecule has 1 aliphatic heterocycles. The Kier molecular flexibility index (Phi) is 4.28. The minimum absolute atomic E-state index is 0.154. The molecule has 0 spiro atoms. The first kappa shape index (κ1) is 16.8. The number of rotatable bonds is 3. The van der Waals surface area contributed by atoms with E-state index in [0.717, 1.165) is 28.5 Å². The minimum atomic E-state index is -0.500. The average molecular weight is 368 g/mol. The maximum absolute atomic E-state index is 12.4. The standard InChI is InChI=1S/C20H20N2O3S/c1-12-7-13(2)15-9-17(21-16(15)8-12)20(24)25-11-19(23)22-5-3-18-14(10-22)4-6-26-18/h4,6-9,21H,3,5,10-11H2,1-2H3. The molecule has 0 aliphatic carbocycles. The van der Waals surface area contributed by atoms with Crippen LogP contribution in [0.4, 0.5) is 0 Å². The lowest BCUT2D eigenvalue weighted by Gasteiger charge is -2.26. The monoisotopic (exact) mass is 368 g/mol. The Balaban J connectivity index is 1.41. The molecule has 6 heteroatoms. The topological polar surface area (TPSA) is 62.4 Å². The first-order valence-corrected chi connectivity index (χ1v) is 9.49. The molecule has 26 heavy (non-hydrogen) atoms. The van der Waals surface area contributed by atoms with Crippen LogP contribution in [0.3, 0.4) is 0 Å². The quantitative estimate of drug-likeness (QED) is 0.719. The highest BCUT2D eigenvalue weighted by Gasteiger charge is 2.23. The van der Waals surface area contributed by atoms with E-state index in [1.165, 1.54) is 10.4 Å². The number of hydrogen-bond acceptors (Lipinski definition) is 4. The maximum Gasteiger partial charge on any atom is 0.355 e. The zero-order chi connectivity index (χ0) is 18.3. The summed E-state index contributed by atoms with van der Waals surface area (Å²) >= 11 is 1.73. The van der Waals surface area contributed by atoms with Crippen molar-refractivity contribution >= 4 is 34.1 Å². The van der Waals surface area contributed by atoms with Gasteiger partial charge in [0, 0.05) is 28.9 Å². The Hall–Kier alpha value is -2.60. The van der Waals surface area contributed by atoms with Gasteiger partial charge in [0.25, 0.3) is 5.91 Å². The van der Waals surface area contributed by atoms with E-state index < -0.39 is 5.97 Å². The molecule has 134 valence electrons. The predicted molar refractivity (Wildman–Crippen MR) is 101 cm³/mol. The summed E-state index contributed by atoms with van der Waals surface area (Å²) in [5, 5.41) is 3.05. The molecular weight excluding hydrogens is 348 g/mol. The fourth-order valence-corrected chi connectivity index (χ4v) is 4.36. The highest BCUT2D eigenvalue weighted by molar-refractivity contribution is 7.10. The van der Waals surface area contributed by atoms with Crippen LogP contribution in [0, 0.1) is 13.8 Å². The van der Waals surface area contributed by atoms with E-state index in [0.29, 0.717) is 18.8 Å². The van der Waals surface area contributed by atoms with Gasteiger partial charge in [-0.1, -0.05) is 6.07 Å². The van der Waals surface area contributed by atoms with E-state index in [1.807, 2.05) is 19.9 Å². The summed E-state index contributed by atoms with van der Waals surface area (Å²) < 4.78 is 5.25. The number of thiophene rings is 1. The lowest BCUT2D eigenvalue weighted by Crippen LogP contribution is -2.38. The van der Waals surface area contributed by atoms with Crippen LogP contribution in [0.5, 0.6) is 0 Å². The number of benzene rings is 1. The van der Waals surface area contributed by atoms with Gasteiger partial charge in [0.05, 0.1) is 0 Å². The highest BCUT2D eigenvalue weighted by Crippen LogP contribution is 2.24. The second-order valence-electron chi connectivity index (χ2n) is 6.74. The number of carbonyl (C=O) groups is 2. The molecule has 1 aliphatic rings. The number of hydrogen-bond donors (Lipinski definition) is 1. The summed E-state index contributed by atoms with van der Waals surface area (Å²) in [6, 6.07) is 7.91. The van der Waals surface area contributed by atoms with Gasteiger partial charge in [-0.3, -0.25) is 4.79 Å². The average Bonchev–Trinajstić information content (AvgIpc) is 3.25. The number of ether oxygens (including phenoxy) is 1. The summed E-state index contributed by atoms with van der Waals surface area (Å²) in [5.74, 6) is -0.654. The Bertz CT molecular complexity index is 1000. The van der Waals surface area contributed by atoms with Gasteiger partial charge in [-0.05, 0) is 60.5 Å².